The fourth-order valence-electron chi connectivity index (χ4n) is 3.05. The van der Waals surface area contributed by atoms with E-state index in [2.05, 4.69) is 36.1 Å². The molecule has 2 aromatic carbocycles. The standard InChI is InChI=1S/C19H23FN2O2S/c1-16-3-5-17(6-4-16)15-21-11-2-12-22(14-13-21)25(23,24)19-9-7-18(20)8-10-19/h3-10H,2,11-15H2,1H3. The van der Waals surface area contributed by atoms with Crippen LogP contribution in [0, 0.1) is 12.7 Å². The highest BCUT2D eigenvalue weighted by atomic mass is 32.2. The normalized spacial score (nSPS) is 17.4. The number of hydrogen-bond acceptors (Lipinski definition) is 3. The van der Waals surface area contributed by atoms with Crippen LogP contribution >= 0.6 is 0 Å². The van der Waals surface area contributed by atoms with Crippen LogP contribution in [-0.2, 0) is 16.6 Å². The summed E-state index contributed by atoms with van der Waals surface area (Å²) in [5.74, 6) is -0.431. The molecule has 1 saturated heterocycles. The van der Waals surface area contributed by atoms with Gasteiger partial charge in [0.05, 0.1) is 4.90 Å². The van der Waals surface area contributed by atoms with Gasteiger partial charge in [-0.25, -0.2) is 12.8 Å². The summed E-state index contributed by atoms with van der Waals surface area (Å²) in [5, 5.41) is 0. The van der Waals surface area contributed by atoms with E-state index in [1.54, 1.807) is 0 Å². The highest BCUT2D eigenvalue weighted by Crippen LogP contribution is 2.19. The lowest BCUT2D eigenvalue weighted by Gasteiger charge is -2.22. The highest BCUT2D eigenvalue weighted by Gasteiger charge is 2.26. The topological polar surface area (TPSA) is 40.6 Å². The number of halogens is 1. The molecule has 0 bridgehead atoms. The zero-order chi connectivity index (χ0) is 17.9. The van der Waals surface area contributed by atoms with Gasteiger partial charge in [0.1, 0.15) is 5.82 Å². The molecule has 0 atom stereocenters. The Kier molecular flexibility index (Phi) is 5.51. The molecule has 1 heterocycles. The zero-order valence-electron chi connectivity index (χ0n) is 14.4. The van der Waals surface area contributed by atoms with E-state index in [1.165, 1.54) is 39.7 Å². The Balaban J connectivity index is 1.66. The van der Waals surface area contributed by atoms with Crippen molar-refractivity contribution in [3.63, 3.8) is 0 Å². The lowest BCUT2D eigenvalue weighted by molar-refractivity contribution is 0.278. The molecular weight excluding hydrogens is 339 g/mol. The molecular formula is C19H23FN2O2S. The first kappa shape index (κ1) is 18.0. The van der Waals surface area contributed by atoms with Crippen LogP contribution in [0.15, 0.2) is 53.4 Å². The van der Waals surface area contributed by atoms with E-state index in [0.717, 1.165) is 19.5 Å². The van der Waals surface area contributed by atoms with Gasteiger partial charge in [0, 0.05) is 26.2 Å². The minimum atomic E-state index is -3.56. The summed E-state index contributed by atoms with van der Waals surface area (Å²) in [6.45, 7) is 5.38. The summed E-state index contributed by atoms with van der Waals surface area (Å²) < 4.78 is 40.0. The van der Waals surface area contributed by atoms with Crippen molar-refractivity contribution >= 4 is 10.0 Å². The zero-order valence-corrected chi connectivity index (χ0v) is 15.2. The van der Waals surface area contributed by atoms with Crippen LogP contribution in [0.3, 0.4) is 0 Å². The minimum absolute atomic E-state index is 0.154. The predicted molar refractivity (Wildman–Crippen MR) is 96.2 cm³/mol. The van der Waals surface area contributed by atoms with Crippen LogP contribution < -0.4 is 0 Å². The van der Waals surface area contributed by atoms with E-state index in [-0.39, 0.29) is 4.90 Å². The number of rotatable bonds is 4. The Labute approximate surface area is 148 Å². The molecule has 134 valence electrons. The average Bonchev–Trinajstić information content (AvgIpc) is 2.83. The van der Waals surface area contributed by atoms with E-state index in [1.807, 2.05) is 0 Å². The molecule has 25 heavy (non-hydrogen) atoms. The molecule has 3 rings (SSSR count). The van der Waals surface area contributed by atoms with Crippen molar-refractivity contribution in [3.8, 4) is 0 Å². The first-order valence-corrected chi connectivity index (χ1v) is 9.93. The molecule has 2 aromatic rings. The van der Waals surface area contributed by atoms with Gasteiger partial charge in [-0.3, -0.25) is 4.90 Å². The molecule has 1 fully saturated rings. The van der Waals surface area contributed by atoms with E-state index >= 15 is 0 Å². The molecule has 1 aliphatic rings. The molecule has 1 aliphatic heterocycles. The maximum Gasteiger partial charge on any atom is 0.243 e. The second-order valence-electron chi connectivity index (χ2n) is 6.47. The van der Waals surface area contributed by atoms with Crippen molar-refractivity contribution in [2.45, 2.75) is 24.8 Å². The Morgan fingerprint density at radius 3 is 2.28 bits per heavy atom. The van der Waals surface area contributed by atoms with Gasteiger partial charge in [-0.05, 0) is 49.7 Å². The van der Waals surface area contributed by atoms with E-state index in [4.69, 9.17) is 0 Å². The smallest absolute Gasteiger partial charge is 0.243 e. The van der Waals surface area contributed by atoms with E-state index < -0.39 is 15.8 Å². The van der Waals surface area contributed by atoms with Crippen LogP contribution in [0.25, 0.3) is 0 Å². The summed E-state index contributed by atoms with van der Waals surface area (Å²) in [6.07, 6.45) is 0.784. The van der Waals surface area contributed by atoms with Gasteiger partial charge in [0.2, 0.25) is 10.0 Å². The SMILES string of the molecule is Cc1ccc(CN2CCCN(S(=O)(=O)c3ccc(F)cc3)CC2)cc1. The summed E-state index contributed by atoms with van der Waals surface area (Å²) in [6, 6.07) is 13.5. The molecule has 4 nitrogen and oxygen atoms in total. The average molecular weight is 362 g/mol. The molecule has 0 aromatic heterocycles. The molecule has 0 radical (unpaired) electrons. The van der Waals surface area contributed by atoms with Crippen molar-refractivity contribution in [1.29, 1.82) is 0 Å². The van der Waals surface area contributed by atoms with Crippen molar-refractivity contribution in [2.75, 3.05) is 26.2 Å². The first-order valence-electron chi connectivity index (χ1n) is 8.49. The summed E-state index contributed by atoms with van der Waals surface area (Å²) in [4.78, 5) is 2.44. The summed E-state index contributed by atoms with van der Waals surface area (Å²) >= 11 is 0. The summed E-state index contributed by atoms with van der Waals surface area (Å²) in [7, 11) is -3.56. The molecule has 0 amide bonds. The van der Waals surface area contributed by atoms with Crippen molar-refractivity contribution in [1.82, 2.24) is 9.21 Å². The van der Waals surface area contributed by atoms with Gasteiger partial charge in [-0.15, -0.1) is 0 Å². The van der Waals surface area contributed by atoms with Gasteiger partial charge in [0.15, 0.2) is 0 Å². The maximum atomic E-state index is 13.1. The fraction of sp³-hybridized carbons (Fsp3) is 0.368. The summed E-state index contributed by atoms with van der Waals surface area (Å²) in [5.41, 5.74) is 2.47. The number of hydrogen-bond donors (Lipinski definition) is 0. The van der Waals surface area contributed by atoms with Gasteiger partial charge in [-0.1, -0.05) is 29.8 Å². The quantitative estimate of drug-likeness (QED) is 0.839. The molecule has 0 saturated carbocycles. The Bertz CT molecular complexity index is 804. The van der Waals surface area contributed by atoms with Crippen molar-refractivity contribution < 1.29 is 12.8 Å². The van der Waals surface area contributed by atoms with Crippen molar-refractivity contribution in [2.24, 2.45) is 0 Å². The van der Waals surface area contributed by atoms with Crippen molar-refractivity contribution in [3.05, 3.63) is 65.5 Å². The van der Waals surface area contributed by atoms with Crippen LogP contribution in [0.5, 0.6) is 0 Å². The van der Waals surface area contributed by atoms with Gasteiger partial charge in [-0.2, -0.15) is 4.31 Å². The third-order valence-corrected chi connectivity index (χ3v) is 6.44. The number of nitrogens with zero attached hydrogens (tertiary/aromatic N) is 2. The Morgan fingerprint density at radius 1 is 0.920 bits per heavy atom. The predicted octanol–water partition coefficient (Wildman–Crippen LogP) is 3.03. The Morgan fingerprint density at radius 2 is 1.60 bits per heavy atom. The lowest BCUT2D eigenvalue weighted by Crippen LogP contribution is -2.35. The lowest BCUT2D eigenvalue weighted by atomic mass is 10.1. The molecule has 0 N–H and O–H groups in total. The third-order valence-electron chi connectivity index (χ3n) is 4.53. The molecule has 0 unspecified atom stereocenters. The fourth-order valence-corrected chi connectivity index (χ4v) is 4.52. The Hall–Kier alpha value is -1.76. The molecule has 0 spiro atoms. The largest absolute Gasteiger partial charge is 0.298 e. The molecule has 0 aliphatic carbocycles. The third kappa shape index (κ3) is 4.45. The number of aryl methyl sites for hydroxylation is 1. The first-order chi connectivity index (χ1) is 11.9. The molecule has 6 heteroatoms. The second-order valence-corrected chi connectivity index (χ2v) is 8.41. The van der Waals surface area contributed by atoms with Crippen LogP contribution in [0.1, 0.15) is 17.5 Å². The maximum absolute atomic E-state index is 13.1. The van der Waals surface area contributed by atoms with Gasteiger partial charge >= 0.3 is 0 Å². The van der Waals surface area contributed by atoms with Crippen LogP contribution in [0.2, 0.25) is 0 Å². The second kappa shape index (κ2) is 7.64. The van der Waals surface area contributed by atoms with E-state index in [0.29, 0.717) is 19.6 Å². The van der Waals surface area contributed by atoms with E-state index in [9.17, 15) is 12.8 Å². The van der Waals surface area contributed by atoms with Crippen LogP contribution in [-0.4, -0.2) is 43.8 Å². The number of benzene rings is 2. The van der Waals surface area contributed by atoms with Gasteiger partial charge in [0.25, 0.3) is 0 Å². The van der Waals surface area contributed by atoms with Gasteiger partial charge < -0.3 is 0 Å². The minimum Gasteiger partial charge on any atom is -0.298 e. The number of sulfonamides is 1. The van der Waals surface area contributed by atoms with Crippen LogP contribution in [0.4, 0.5) is 4.39 Å². The monoisotopic (exact) mass is 362 g/mol. The highest BCUT2D eigenvalue weighted by molar-refractivity contribution is 7.89.